The average Bonchev–Trinajstić information content (AvgIpc) is 2.46. The van der Waals surface area contributed by atoms with Gasteiger partial charge in [0.05, 0.1) is 6.04 Å². The minimum atomic E-state index is -0.644. The van der Waals surface area contributed by atoms with Crippen molar-refractivity contribution in [3.8, 4) is 0 Å². The van der Waals surface area contributed by atoms with Crippen molar-refractivity contribution < 1.29 is 9.59 Å². The molecule has 0 aliphatic heterocycles. The van der Waals surface area contributed by atoms with Crippen LogP contribution >= 0.6 is 0 Å². The summed E-state index contributed by atoms with van der Waals surface area (Å²) in [5.74, 6) is -0.629. The predicted octanol–water partition coefficient (Wildman–Crippen LogP) is 1.63. The molecule has 0 aliphatic rings. The molecule has 0 spiro atoms. The smallest absolute Gasteiger partial charge is 0.246 e. The first kappa shape index (κ1) is 15.0. The van der Waals surface area contributed by atoms with Gasteiger partial charge >= 0.3 is 0 Å². The van der Waals surface area contributed by atoms with Gasteiger partial charge in [-0.3, -0.25) is 9.59 Å². The van der Waals surface area contributed by atoms with Gasteiger partial charge < -0.3 is 16.4 Å². The van der Waals surface area contributed by atoms with E-state index in [1.54, 1.807) is 13.8 Å². The Morgan fingerprint density at radius 1 is 1.00 bits per heavy atom. The highest BCUT2D eigenvalue weighted by Gasteiger charge is 2.17. The number of hydrogen-bond acceptors (Lipinski definition) is 3. The molecule has 0 aromatic heterocycles. The molecular weight excluding hydrogens is 266 g/mol. The largest absolute Gasteiger partial charge is 0.343 e. The normalized spacial score (nSPS) is 13.5. The summed E-state index contributed by atoms with van der Waals surface area (Å²) in [6, 6.07) is 12.3. The zero-order valence-corrected chi connectivity index (χ0v) is 12.1. The second-order valence-electron chi connectivity index (χ2n) is 5.07. The number of fused-ring (bicyclic) bond motifs is 1. The van der Waals surface area contributed by atoms with Crippen LogP contribution in [0.25, 0.3) is 10.8 Å². The summed E-state index contributed by atoms with van der Waals surface area (Å²) in [5, 5.41) is 7.49. The molecule has 0 heterocycles. The highest BCUT2D eigenvalue weighted by molar-refractivity contribution is 5.99. The predicted molar refractivity (Wildman–Crippen MR) is 83.8 cm³/mol. The van der Waals surface area contributed by atoms with Gasteiger partial charge in [-0.05, 0) is 36.8 Å². The van der Waals surface area contributed by atoms with Crippen LogP contribution in [0.5, 0.6) is 0 Å². The molecule has 2 rings (SSSR count). The Kier molecular flexibility index (Phi) is 4.55. The average molecular weight is 285 g/mol. The molecule has 2 aromatic rings. The maximum absolute atomic E-state index is 12.0. The van der Waals surface area contributed by atoms with Crippen LogP contribution in [0.15, 0.2) is 42.5 Å². The Balaban J connectivity index is 2.05. The summed E-state index contributed by atoms with van der Waals surface area (Å²) in [5.41, 5.74) is 6.15. The van der Waals surface area contributed by atoms with Crippen LogP contribution in [-0.2, 0) is 9.59 Å². The number of carbonyl (C=O) groups is 2. The van der Waals surface area contributed by atoms with Crippen molar-refractivity contribution in [3.05, 3.63) is 42.5 Å². The number of amides is 2. The molecule has 21 heavy (non-hydrogen) atoms. The van der Waals surface area contributed by atoms with Crippen LogP contribution in [0.4, 0.5) is 5.69 Å². The van der Waals surface area contributed by atoms with Gasteiger partial charge in [0.25, 0.3) is 0 Å². The number of rotatable bonds is 4. The fourth-order valence-electron chi connectivity index (χ4n) is 1.93. The van der Waals surface area contributed by atoms with Crippen molar-refractivity contribution in [1.82, 2.24) is 5.32 Å². The first-order valence-corrected chi connectivity index (χ1v) is 6.83. The Morgan fingerprint density at radius 2 is 1.67 bits per heavy atom. The van der Waals surface area contributed by atoms with Crippen molar-refractivity contribution in [3.63, 3.8) is 0 Å². The van der Waals surface area contributed by atoms with Crippen LogP contribution in [0.2, 0.25) is 0 Å². The Bertz CT molecular complexity index is 667. The van der Waals surface area contributed by atoms with E-state index in [0.29, 0.717) is 5.69 Å². The van der Waals surface area contributed by atoms with Crippen LogP contribution in [0.1, 0.15) is 13.8 Å². The maximum Gasteiger partial charge on any atom is 0.246 e. The van der Waals surface area contributed by atoms with Gasteiger partial charge in [0.2, 0.25) is 11.8 Å². The van der Waals surface area contributed by atoms with E-state index in [4.69, 9.17) is 5.73 Å². The lowest BCUT2D eigenvalue weighted by atomic mass is 10.1. The molecule has 2 aromatic carbocycles. The Hall–Kier alpha value is -2.40. The number of nitrogens with one attached hydrogen (secondary N) is 2. The fourth-order valence-corrected chi connectivity index (χ4v) is 1.93. The lowest BCUT2D eigenvalue weighted by molar-refractivity contribution is -0.126. The number of carbonyl (C=O) groups excluding carboxylic acids is 2. The van der Waals surface area contributed by atoms with E-state index in [9.17, 15) is 9.59 Å². The lowest BCUT2D eigenvalue weighted by Gasteiger charge is -2.15. The van der Waals surface area contributed by atoms with Crippen molar-refractivity contribution in [1.29, 1.82) is 0 Å². The summed E-state index contributed by atoms with van der Waals surface area (Å²) >= 11 is 0. The molecule has 2 atom stereocenters. The van der Waals surface area contributed by atoms with Gasteiger partial charge in [-0.15, -0.1) is 0 Å². The van der Waals surface area contributed by atoms with E-state index in [0.717, 1.165) is 10.8 Å². The fraction of sp³-hybridized carbons (Fsp3) is 0.250. The van der Waals surface area contributed by atoms with Gasteiger partial charge in [-0.25, -0.2) is 0 Å². The minimum absolute atomic E-state index is 0.278. The molecule has 2 amide bonds. The third kappa shape index (κ3) is 3.79. The van der Waals surface area contributed by atoms with E-state index in [2.05, 4.69) is 10.6 Å². The molecule has 4 N–H and O–H groups in total. The highest BCUT2D eigenvalue weighted by Crippen LogP contribution is 2.18. The van der Waals surface area contributed by atoms with Gasteiger partial charge in [-0.2, -0.15) is 0 Å². The molecule has 0 saturated carbocycles. The van der Waals surface area contributed by atoms with Crippen molar-refractivity contribution >= 4 is 28.3 Å². The van der Waals surface area contributed by atoms with Gasteiger partial charge in [0, 0.05) is 5.69 Å². The maximum atomic E-state index is 12.0. The molecule has 5 heteroatoms. The molecule has 5 nitrogen and oxygen atoms in total. The summed E-state index contributed by atoms with van der Waals surface area (Å²) < 4.78 is 0. The monoisotopic (exact) mass is 285 g/mol. The zero-order chi connectivity index (χ0) is 15.4. The third-order valence-electron chi connectivity index (χ3n) is 3.18. The first-order chi connectivity index (χ1) is 9.97. The van der Waals surface area contributed by atoms with Gasteiger partial charge in [0.1, 0.15) is 6.04 Å². The van der Waals surface area contributed by atoms with Crippen molar-refractivity contribution in [2.75, 3.05) is 5.32 Å². The zero-order valence-electron chi connectivity index (χ0n) is 12.1. The third-order valence-corrected chi connectivity index (χ3v) is 3.18. The Labute approximate surface area is 123 Å². The molecule has 0 radical (unpaired) electrons. The number of benzene rings is 2. The van der Waals surface area contributed by atoms with Crippen LogP contribution in [0, 0.1) is 0 Å². The standard InChI is InChI=1S/C16H19N3O2/c1-10(17)15(20)18-11(2)16(21)19-14-8-7-12-5-3-4-6-13(12)9-14/h3-11H,17H2,1-2H3,(H,18,20)(H,19,21)/t10-,11-/m1/s1. The minimum Gasteiger partial charge on any atom is -0.343 e. The van der Waals surface area contributed by atoms with Crippen LogP contribution in [-0.4, -0.2) is 23.9 Å². The quantitative estimate of drug-likeness (QED) is 0.798. The SMILES string of the molecule is C[C@@H](N)C(=O)N[C@H](C)C(=O)Nc1ccc2ccccc2c1. The number of anilines is 1. The summed E-state index contributed by atoms with van der Waals surface area (Å²) in [6.45, 7) is 3.19. The van der Waals surface area contributed by atoms with E-state index < -0.39 is 12.1 Å². The molecule has 0 bridgehead atoms. The van der Waals surface area contributed by atoms with Crippen LogP contribution < -0.4 is 16.4 Å². The molecule has 110 valence electrons. The van der Waals surface area contributed by atoms with Gasteiger partial charge in [0.15, 0.2) is 0 Å². The lowest BCUT2D eigenvalue weighted by Crippen LogP contribution is -2.47. The topological polar surface area (TPSA) is 84.2 Å². The second kappa shape index (κ2) is 6.37. The Morgan fingerprint density at radius 3 is 2.33 bits per heavy atom. The first-order valence-electron chi connectivity index (χ1n) is 6.83. The van der Waals surface area contributed by atoms with E-state index >= 15 is 0 Å². The summed E-state index contributed by atoms with van der Waals surface area (Å²) in [4.78, 5) is 23.5. The van der Waals surface area contributed by atoms with Crippen molar-refractivity contribution in [2.24, 2.45) is 5.73 Å². The van der Waals surface area contributed by atoms with E-state index in [1.807, 2.05) is 42.5 Å². The number of hydrogen-bond donors (Lipinski definition) is 3. The van der Waals surface area contributed by atoms with Crippen LogP contribution in [0.3, 0.4) is 0 Å². The molecular formula is C16H19N3O2. The molecule has 0 fully saturated rings. The molecule has 0 aliphatic carbocycles. The van der Waals surface area contributed by atoms with Crippen molar-refractivity contribution in [2.45, 2.75) is 25.9 Å². The second-order valence-corrected chi connectivity index (χ2v) is 5.07. The summed E-state index contributed by atoms with van der Waals surface area (Å²) in [6.07, 6.45) is 0. The summed E-state index contributed by atoms with van der Waals surface area (Å²) in [7, 11) is 0. The van der Waals surface area contributed by atoms with Gasteiger partial charge in [-0.1, -0.05) is 30.3 Å². The van der Waals surface area contributed by atoms with E-state index in [-0.39, 0.29) is 11.8 Å². The molecule has 0 unspecified atom stereocenters. The van der Waals surface area contributed by atoms with E-state index in [1.165, 1.54) is 0 Å². The number of nitrogens with two attached hydrogens (primary N) is 1. The molecule has 0 saturated heterocycles. The highest BCUT2D eigenvalue weighted by atomic mass is 16.2.